The Balaban J connectivity index is 1.86. The molecule has 0 bridgehead atoms. The minimum Gasteiger partial charge on any atom is -0.482 e. The van der Waals surface area contributed by atoms with Gasteiger partial charge in [0.2, 0.25) is 5.91 Å². The molecule has 1 aliphatic rings. The van der Waals surface area contributed by atoms with E-state index in [-0.39, 0.29) is 23.3 Å². The molecule has 1 N–H and O–H groups in total. The van der Waals surface area contributed by atoms with Crippen molar-refractivity contribution in [1.29, 1.82) is 0 Å². The molecule has 2 aromatic rings. The Hall–Kier alpha value is -2.60. The van der Waals surface area contributed by atoms with Crippen LogP contribution in [0.25, 0.3) is 0 Å². The van der Waals surface area contributed by atoms with Gasteiger partial charge in [0, 0.05) is 0 Å². The lowest BCUT2D eigenvalue weighted by Gasteiger charge is -2.41. The van der Waals surface area contributed by atoms with E-state index in [1.54, 1.807) is 38.1 Å². The number of para-hydroxylation sites is 2. The van der Waals surface area contributed by atoms with Crippen molar-refractivity contribution >= 4 is 34.8 Å². The number of anilines is 2. The maximum absolute atomic E-state index is 13.1. The van der Waals surface area contributed by atoms with E-state index in [9.17, 15) is 14.0 Å². The van der Waals surface area contributed by atoms with Gasteiger partial charge in [-0.25, -0.2) is 4.39 Å². The van der Waals surface area contributed by atoms with Crippen LogP contribution in [-0.2, 0) is 9.59 Å². The Morgan fingerprint density at radius 3 is 2.72 bits per heavy atom. The largest absolute Gasteiger partial charge is 0.482 e. The third-order valence-electron chi connectivity index (χ3n) is 4.00. The molecule has 0 atom stereocenters. The van der Waals surface area contributed by atoms with E-state index in [1.807, 2.05) is 0 Å². The average molecular weight is 363 g/mol. The molecule has 0 radical (unpaired) electrons. The number of carbonyl (C=O) groups is 2. The first-order chi connectivity index (χ1) is 11.8. The van der Waals surface area contributed by atoms with Crippen LogP contribution in [0, 0.1) is 5.82 Å². The van der Waals surface area contributed by atoms with Crippen LogP contribution in [-0.4, -0.2) is 24.0 Å². The van der Waals surface area contributed by atoms with E-state index in [2.05, 4.69) is 5.32 Å². The number of rotatable bonds is 3. The summed E-state index contributed by atoms with van der Waals surface area (Å²) in [7, 11) is 0. The van der Waals surface area contributed by atoms with Gasteiger partial charge in [-0.05, 0) is 44.2 Å². The number of nitrogens with one attached hydrogen (secondary N) is 1. The second kappa shape index (κ2) is 6.37. The third-order valence-corrected chi connectivity index (χ3v) is 4.30. The number of hydrogen-bond acceptors (Lipinski definition) is 3. The van der Waals surface area contributed by atoms with E-state index < -0.39 is 17.3 Å². The first kappa shape index (κ1) is 17.2. The zero-order valence-electron chi connectivity index (χ0n) is 13.7. The van der Waals surface area contributed by atoms with Crippen molar-refractivity contribution in [3.63, 3.8) is 0 Å². The van der Waals surface area contributed by atoms with E-state index in [4.69, 9.17) is 16.3 Å². The second-order valence-corrected chi connectivity index (χ2v) is 6.53. The quantitative estimate of drug-likeness (QED) is 0.907. The summed E-state index contributed by atoms with van der Waals surface area (Å²) in [5.74, 6) is -0.998. The average Bonchev–Trinajstić information content (AvgIpc) is 2.54. The second-order valence-electron chi connectivity index (χ2n) is 6.12. The summed E-state index contributed by atoms with van der Waals surface area (Å²) in [6, 6.07) is 10.7. The Kier molecular flexibility index (Phi) is 4.39. The van der Waals surface area contributed by atoms with Crippen molar-refractivity contribution in [3.8, 4) is 5.75 Å². The standard InChI is InChI=1S/C18H16ClFN2O3/c1-18(2)17(24)21-13-5-3-4-6-14(13)22(18)16(23)10-25-15-8-7-11(20)9-12(15)19/h3-9H,10H2,1-2H3,(H,21,24). The summed E-state index contributed by atoms with van der Waals surface area (Å²) in [6.45, 7) is 2.97. The minimum atomic E-state index is -1.08. The van der Waals surface area contributed by atoms with Crippen LogP contribution < -0.4 is 15.0 Å². The predicted molar refractivity (Wildman–Crippen MR) is 93.5 cm³/mol. The van der Waals surface area contributed by atoms with E-state index in [1.165, 1.54) is 17.0 Å². The normalized spacial score (nSPS) is 15.4. The molecule has 0 unspecified atom stereocenters. The smallest absolute Gasteiger partial charge is 0.265 e. The lowest BCUT2D eigenvalue weighted by molar-refractivity contribution is -0.127. The van der Waals surface area contributed by atoms with Gasteiger partial charge < -0.3 is 10.1 Å². The number of halogens is 2. The molecule has 0 saturated heterocycles. The van der Waals surface area contributed by atoms with Crippen molar-refractivity contribution in [1.82, 2.24) is 0 Å². The maximum atomic E-state index is 13.1. The molecule has 3 rings (SSSR count). The van der Waals surface area contributed by atoms with Gasteiger partial charge >= 0.3 is 0 Å². The van der Waals surface area contributed by atoms with Crippen LogP contribution in [0.1, 0.15) is 13.8 Å². The highest BCUT2D eigenvalue weighted by molar-refractivity contribution is 6.32. The van der Waals surface area contributed by atoms with Crippen LogP contribution in [0.3, 0.4) is 0 Å². The van der Waals surface area contributed by atoms with Crippen molar-refractivity contribution in [2.45, 2.75) is 19.4 Å². The molecule has 1 heterocycles. The molecule has 130 valence electrons. The zero-order valence-corrected chi connectivity index (χ0v) is 14.4. The molecular formula is C18H16ClFN2O3. The number of ether oxygens (including phenoxy) is 1. The van der Waals surface area contributed by atoms with Crippen molar-refractivity contribution in [2.75, 3.05) is 16.8 Å². The number of amides is 2. The molecule has 2 amide bonds. The first-order valence-electron chi connectivity index (χ1n) is 7.62. The van der Waals surface area contributed by atoms with Crippen molar-refractivity contribution in [3.05, 3.63) is 53.3 Å². The third kappa shape index (κ3) is 3.17. The van der Waals surface area contributed by atoms with Crippen LogP contribution in [0.15, 0.2) is 42.5 Å². The summed E-state index contributed by atoms with van der Waals surface area (Å²) in [4.78, 5) is 26.5. The summed E-state index contributed by atoms with van der Waals surface area (Å²) in [5.41, 5.74) is 0.0624. The van der Waals surface area contributed by atoms with Gasteiger partial charge in [-0.2, -0.15) is 0 Å². The summed E-state index contributed by atoms with van der Waals surface area (Å²) in [5, 5.41) is 2.86. The minimum absolute atomic E-state index is 0.0730. The highest BCUT2D eigenvalue weighted by atomic mass is 35.5. The van der Waals surface area contributed by atoms with E-state index >= 15 is 0 Å². The lowest BCUT2D eigenvalue weighted by Crippen LogP contribution is -2.59. The molecule has 0 fully saturated rings. The molecule has 0 aromatic heterocycles. The molecule has 0 spiro atoms. The fourth-order valence-electron chi connectivity index (χ4n) is 2.69. The number of carbonyl (C=O) groups excluding carboxylic acids is 2. The van der Waals surface area contributed by atoms with Gasteiger partial charge in [0.1, 0.15) is 17.1 Å². The number of hydrogen-bond donors (Lipinski definition) is 1. The van der Waals surface area contributed by atoms with Crippen molar-refractivity contribution < 1.29 is 18.7 Å². The Morgan fingerprint density at radius 2 is 2.00 bits per heavy atom. The lowest BCUT2D eigenvalue weighted by atomic mass is 9.96. The fraction of sp³-hybridized carbons (Fsp3) is 0.222. The molecule has 5 nitrogen and oxygen atoms in total. The van der Waals surface area contributed by atoms with Crippen LogP contribution in [0.4, 0.5) is 15.8 Å². The molecule has 0 saturated carbocycles. The van der Waals surface area contributed by atoms with Gasteiger partial charge in [0.25, 0.3) is 5.91 Å². The Labute approximate surface area is 149 Å². The Morgan fingerprint density at radius 1 is 1.28 bits per heavy atom. The van der Waals surface area contributed by atoms with E-state index in [0.29, 0.717) is 11.4 Å². The monoisotopic (exact) mass is 362 g/mol. The number of fused-ring (bicyclic) bond motifs is 1. The van der Waals surface area contributed by atoms with E-state index in [0.717, 1.165) is 6.07 Å². The van der Waals surface area contributed by atoms with Crippen LogP contribution in [0.2, 0.25) is 5.02 Å². The van der Waals surface area contributed by atoms with Crippen LogP contribution >= 0.6 is 11.6 Å². The van der Waals surface area contributed by atoms with Gasteiger partial charge in [0.15, 0.2) is 6.61 Å². The fourth-order valence-corrected chi connectivity index (χ4v) is 2.92. The molecule has 2 aromatic carbocycles. The van der Waals surface area contributed by atoms with Gasteiger partial charge in [-0.3, -0.25) is 14.5 Å². The molecule has 7 heteroatoms. The molecular weight excluding hydrogens is 347 g/mol. The first-order valence-corrected chi connectivity index (χ1v) is 8.00. The molecule has 1 aliphatic heterocycles. The van der Waals surface area contributed by atoms with Gasteiger partial charge in [-0.1, -0.05) is 23.7 Å². The topological polar surface area (TPSA) is 58.6 Å². The highest BCUT2D eigenvalue weighted by Gasteiger charge is 2.43. The Bertz CT molecular complexity index is 854. The summed E-state index contributed by atoms with van der Waals surface area (Å²) < 4.78 is 18.5. The van der Waals surface area contributed by atoms with Crippen molar-refractivity contribution in [2.24, 2.45) is 0 Å². The SMILES string of the molecule is CC1(C)C(=O)Nc2ccccc2N1C(=O)COc1ccc(F)cc1Cl. The number of nitrogens with zero attached hydrogens (tertiary/aromatic N) is 1. The highest BCUT2D eigenvalue weighted by Crippen LogP contribution is 2.36. The molecule has 25 heavy (non-hydrogen) atoms. The summed E-state index contributed by atoms with van der Waals surface area (Å²) in [6.07, 6.45) is 0. The maximum Gasteiger partial charge on any atom is 0.265 e. The summed E-state index contributed by atoms with van der Waals surface area (Å²) >= 11 is 5.91. The predicted octanol–water partition coefficient (Wildman–Crippen LogP) is 3.62. The molecule has 0 aliphatic carbocycles. The number of benzene rings is 2. The van der Waals surface area contributed by atoms with Gasteiger partial charge in [-0.15, -0.1) is 0 Å². The zero-order chi connectivity index (χ0) is 18.2. The van der Waals surface area contributed by atoms with Crippen LogP contribution in [0.5, 0.6) is 5.75 Å². The van der Waals surface area contributed by atoms with Gasteiger partial charge in [0.05, 0.1) is 16.4 Å².